The summed E-state index contributed by atoms with van der Waals surface area (Å²) in [7, 11) is 1.62. The molecule has 1 aliphatic rings. The van der Waals surface area contributed by atoms with E-state index >= 15 is 0 Å². The maximum absolute atomic E-state index is 11.7. The van der Waals surface area contributed by atoms with Crippen molar-refractivity contribution in [2.24, 2.45) is 0 Å². The van der Waals surface area contributed by atoms with Gasteiger partial charge in [-0.05, 0) is 31.9 Å². The topological polar surface area (TPSA) is 75.9 Å². The van der Waals surface area contributed by atoms with Gasteiger partial charge >= 0.3 is 0 Å². The van der Waals surface area contributed by atoms with Gasteiger partial charge in [0.25, 0.3) is 5.91 Å². The van der Waals surface area contributed by atoms with Crippen LogP contribution in [-0.4, -0.2) is 45.8 Å². The maximum atomic E-state index is 11.7. The van der Waals surface area contributed by atoms with Crippen LogP contribution in [0.3, 0.4) is 0 Å². The molecule has 7 nitrogen and oxygen atoms in total. The van der Waals surface area contributed by atoms with Gasteiger partial charge in [0.05, 0.1) is 11.4 Å². The van der Waals surface area contributed by atoms with Crippen LogP contribution in [0.1, 0.15) is 34.2 Å². The van der Waals surface area contributed by atoms with Crippen molar-refractivity contribution in [3.05, 3.63) is 35.2 Å². The molecule has 1 atom stereocenters. The van der Waals surface area contributed by atoms with Crippen LogP contribution in [0.2, 0.25) is 0 Å². The molecule has 3 aromatic rings. The standard InChI is InChI=1S/C17H20N6OS/c1-11-8-13-15(19-10-20-17(13)25-11)22-6-3-4-12(9-22)23-7-5-14(21-23)16(24)18-2/h5,7-8,10,12H,3-4,6,9H2,1-2H3,(H,18,24)/t12-/m0/s1. The lowest BCUT2D eigenvalue weighted by Gasteiger charge is -2.33. The van der Waals surface area contributed by atoms with E-state index in [0.29, 0.717) is 5.69 Å². The fraction of sp³-hybridized carbons (Fsp3) is 0.412. The van der Waals surface area contributed by atoms with Crippen molar-refractivity contribution < 1.29 is 4.79 Å². The van der Waals surface area contributed by atoms with E-state index in [1.807, 2.05) is 10.9 Å². The third-order valence-electron chi connectivity index (χ3n) is 4.57. The molecule has 1 saturated heterocycles. The van der Waals surface area contributed by atoms with E-state index in [1.165, 1.54) is 4.88 Å². The van der Waals surface area contributed by atoms with E-state index < -0.39 is 0 Å². The quantitative estimate of drug-likeness (QED) is 0.780. The molecule has 8 heteroatoms. The van der Waals surface area contributed by atoms with Crippen LogP contribution in [0, 0.1) is 6.92 Å². The molecule has 4 heterocycles. The number of aromatic nitrogens is 4. The van der Waals surface area contributed by atoms with Crippen LogP contribution in [0.4, 0.5) is 5.82 Å². The maximum Gasteiger partial charge on any atom is 0.271 e. The van der Waals surface area contributed by atoms with Crippen molar-refractivity contribution in [2.45, 2.75) is 25.8 Å². The van der Waals surface area contributed by atoms with Gasteiger partial charge in [0, 0.05) is 31.2 Å². The number of nitrogens with one attached hydrogen (secondary N) is 1. The van der Waals surface area contributed by atoms with Gasteiger partial charge in [-0.2, -0.15) is 5.10 Å². The summed E-state index contributed by atoms with van der Waals surface area (Å²) in [5, 5.41) is 8.18. The molecule has 1 N–H and O–H groups in total. The van der Waals surface area contributed by atoms with Crippen molar-refractivity contribution >= 4 is 33.3 Å². The van der Waals surface area contributed by atoms with Crippen molar-refractivity contribution in [1.29, 1.82) is 0 Å². The summed E-state index contributed by atoms with van der Waals surface area (Å²) in [6.45, 7) is 3.90. The van der Waals surface area contributed by atoms with E-state index in [1.54, 1.807) is 30.8 Å². The van der Waals surface area contributed by atoms with Gasteiger partial charge in [0.2, 0.25) is 0 Å². The van der Waals surface area contributed by atoms with Gasteiger partial charge in [0.1, 0.15) is 22.7 Å². The number of hydrogen-bond donors (Lipinski definition) is 1. The Morgan fingerprint density at radius 3 is 3.12 bits per heavy atom. The lowest BCUT2D eigenvalue weighted by atomic mass is 10.1. The molecule has 0 unspecified atom stereocenters. The molecule has 130 valence electrons. The minimum Gasteiger partial charge on any atom is -0.354 e. The number of nitrogens with zero attached hydrogens (tertiary/aromatic N) is 5. The highest BCUT2D eigenvalue weighted by Crippen LogP contribution is 2.32. The molecule has 0 radical (unpaired) electrons. The van der Waals surface area contributed by atoms with E-state index in [2.05, 4.69) is 38.3 Å². The van der Waals surface area contributed by atoms with Gasteiger partial charge in [-0.1, -0.05) is 0 Å². The number of carbonyl (C=O) groups is 1. The average molecular weight is 356 g/mol. The number of rotatable bonds is 3. The van der Waals surface area contributed by atoms with Crippen molar-refractivity contribution in [3.8, 4) is 0 Å². The van der Waals surface area contributed by atoms with E-state index in [9.17, 15) is 4.79 Å². The van der Waals surface area contributed by atoms with Crippen LogP contribution in [0.5, 0.6) is 0 Å². The first kappa shape index (κ1) is 16.0. The second-order valence-corrected chi connectivity index (χ2v) is 7.51. The van der Waals surface area contributed by atoms with E-state index in [-0.39, 0.29) is 11.9 Å². The number of amides is 1. The Bertz CT molecular complexity index is 917. The highest BCUT2D eigenvalue weighted by molar-refractivity contribution is 7.18. The van der Waals surface area contributed by atoms with Crippen molar-refractivity contribution in [2.75, 3.05) is 25.0 Å². The predicted molar refractivity (Wildman–Crippen MR) is 98.3 cm³/mol. The normalized spacial score (nSPS) is 17.8. The predicted octanol–water partition coefficient (Wildman–Crippen LogP) is 2.40. The number of fused-ring (bicyclic) bond motifs is 1. The highest BCUT2D eigenvalue weighted by Gasteiger charge is 2.25. The largest absolute Gasteiger partial charge is 0.354 e. The highest BCUT2D eigenvalue weighted by atomic mass is 32.1. The molecule has 0 bridgehead atoms. The molecule has 4 rings (SSSR count). The summed E-state index contributed by atoms with van der Waals surface area (Å²) in [4.78, 5) is 25.3. The summed E-state index contributed by atoms with van der Waals surface area (Å²) in [5.74, 6) is 0.843. The Balaban J connectivity index is 1.60. The fourth-order valence-electron chi connectivity index (χ4n) is 3.37. The summed E-state index contributed by atoms with van der Waals surface area (Å²) < 4.78 is 1.91. The van der Waals surface area contributed by atoms with Gasteiger partial charge < -0.3 is 10.2 Å². The number of thiophene rings is 1. The Hall–Kier alpha value is -2.48. The smallest absolute Gasteiger partial charge is 0.271 e. The van der Waals surface area contributed by atoms with Crippen LogP contribution in [0.15, 0.2) is 24.7 Å². The Morgan fingerprint density at radius 2 is 2.28 bits per heavy atom. The van der Waals surface area contributed by atoms with Crippen LogP contribution in [-0.2, 0) is 0 Å². The molecular formula is C17H20N6OS. The third-order valence-corrected chi connectivity index (χ3v) is 5.53. The van der Waals surface area contributed by atoms with Crippen LogP contribution >= 0.6 is 11.3 Å². The van der Waals surface area contributed by atoms with E-state index in [0.717, 1.165) is 42.0 Å². The van der Waals surface area contributed by atoms with Crippen LogP contribution < -0.4 is 10.2 Å². The summed E-state index contributed by atoms with van der Waals surface area (Å²) in [5.41, 5.74) is 0.456. The Kier molecular flexibility index (Phi) is 4.12. The second kappa shape index (κ2) is 6.44. The SMILES string of the molecule is CNC(=O)c1ccn([C@H]2CCCN(c3ncnc4sc(C)cc34)C2)n1. The zero-order valence-electron chi connectivity index (χ0n) is 14.3. The van der Waals surface area contributed by atoms with Crippen LogP contribution in [0.25, 0.3) is 10.2 Å². The third kappa shape index (κ3) is 2.97. The summed E-state index contributed by atoms with van der Waals surface area (Å²) >= 11 is 1.70. The minimum absolute atomic E-state index is 0.155. The lowest BCUT2D eigenvalue weighted by molar-refractivity contribution is 0.0957. The zero-order chi connectivity index (χ0) is 17.4. The Labute approximate surface area is 149 Å². The molecule has 3 aromatic heterocycles. The molecule has 25 heavy (non-hydrogen) atoms. The Morgan fingerprint density at radius 1 is 1.40 bits per heavy atom. The molecule has 1 fully saturated rings. The van der Waals surface area contributed by atoms with Crippen molar-refractivity contribution in [1.82, 2.24) is 25.1 Å². The number of aryl methyl sites for hydroxylation is 1. The zero-order valence-corrected chi connectivity index (χ0v) is 15.1. The van der Waals surface area contributed by atoms with Gasteiger partial charge in [-0.3, -0.25) is 9.48 Å². The molecule has 0 saturated carbocycles. The van der Waals surface area contributed by atoms with Gasteiger partial charge in [-0.15, -0.1) is 11.3 Å². The molecular weight excluding hydrogens is 336 g/mol. The van der Waals surface area contributed by atoms with Crippen molar-refractivity contribution in [3.63, 3.8) is 0 Å². The molecule has 1 aliphatic heterocycles. The monoisotopic (exact) mass is 356 g/mol. The molecule has 1 amide bonds. The first-order chi connectivity index (χ1) is 12.2. The molecule has 0 aromatic carbocycles. The first-order valence-corrected chi connectivity index (χ1v) is 9.20. The molecule has 0 spiro atoms. The number of piperidine rings is 1. The first-order valence-electron chi connectivity index (χ1n) is 8.39. The number of anilines is 1. The van der Waals surface area contributed by atoms with Gasteiger partial charge in [-0.25, -0.2) is 9.97 Å². The number of hydrogen-bond acceptors (Lipinski definition) is 6. The molecule has 0 aliphatic carbocycles. The summed E-state index contributed by atoms with van der Waals surface area (Å²) in [6.07, 6.45) is 5.65. The summed E-state index contributed by atoms with van der Waals surface area (Å²) in [6, 6.07) is 4.16. The second-order valence-electron chi connectivity index (χ2n) is 6.28. The van der Waals surface area contributed by atoms with E-state index in [4.69, 9.17) is 0 Å². The fourth-order valence-corrected chi connectivity index (χ4v) is 4.21. The lowest BCUT2D eigenvalue weighted by Crippen LogP contribution is -2.37. The minimum atomic E-state index is -0.155. The van der Waals surface area contributed by atoms with Gasteiger partial charge in [0.15, 0.2) is 0 Å². The average Bonchev–Trinajstić information content (AvgIpc) is 3.26. The number of carbonyl (C=O) groups excluding carboxylic acids is 1.